The largest absolute Gasteiger partial charge is 0.323 e. The Morgan fingerprint density at radius 3 is 2.44 bits per heavy atom. The number of rotatable bonds is 2. The van der Waals surface area contributed by atoms with E-state index in [-0.39, 0.29) is 17.3 Å². The van der Waals surface area contributed by atoms with Crippen molar-refractivity contribution in [3.05, 3.63) is 40.7 Å². The third-order valence-corrected chi connectivity index (χ3v) is 2.82. The van der Waals surface area contributed by atoms with Crippen LogP contribution in [0.5, 0.6) is 0 Å². The lowest BCUT2D eigenvalue weighted by Crippen LogP contribution is -2.08. The lowest BCUT2D eigenvalue weighted by molar-refractivity contribution is 0.576. The molecule has 0 aliphatic rings. The molecular weight excluding hydrogens is 238 g/mol. The monoisotopic (exact) mass is 252 g/mol. The molecule has 1 unspecified atom stereocenters. The summed E-state index contributed by atoms with van der Waals surface area (Å²) in [6.45, 7) is 4.98. The molecule has 2 rings (SSSR count). The molecule has 0 saturated heterocycles. The van der Waals surface area contributed by atoms with Gasteiger partial charge in [0.1, 0.15) is 23.0 Å². The van der Waals surface area contributed by atoms with Crippen LogP contribution >= 0.6 is 0 Å². The van der Waals surface area contributed by atoms with E-state index in [9.17, 15) is 8.78 Å². The van der Waals surface area contributed by atoms with Crippen molar-refractivity contribution in [1.29, 1.82) is 0 Å². The smallest absolute Gasteiger partial charge is 0.149 e. The van der Waals surface area contributed by atoms with Gasteiger partial charge in [-0.3, -0.25) is 0 Å². The highest BCUT2D eigenvalue weighted by Gasteiger charge is 2.17. The fourth-order valence-corrected chi connectivity index (χ4v) is 1.79. The molecule has 1 aromatic carbocycles. The second-order valence-corrected chi connectivity index (χ2v) is 4.31. The van der Waals surface area contributed by atoms with E-state index >= 15 is 0 Å². The van der Waals surface area contributed by atoms with Gasteiger partial charge in [-0.05, 0) is 32.4 Å². The molecule has 0 aliphatic carbocycles. The minimum absolute atomic E-state index is 0.0370. The average molecular weight is 252 g/mol. The maximum absolute atomic E-state index is 13.8. The van der Waals surface area contributed by atoms with Gasteiger partial charge in [-0.25, -0.2) is 13.5 Å². The topological polar surface area (TPSA) is 56.7 Å². The Morgan fingerprint density at radius 1 is 1.22 bits per heavy atom. The molecule has 96 valence electrons. The molecule has 4 nitrogen and oxygen atoms in total. The number of benzene rings is 1. The minimum atomic E-state index is -0.543. The van der Waals surface area contributed by atoms with Crippen molar-refractivity contribution < 1.29 is 8.78 Å². The van der Waals surface area contributed by atoms with Gasteiger partial charge in [0.05, 0.1) is 5.69 Å². The predicted octanol–water partition coefficient (Wildman–Crippen LogP) is 2.18. The first-order chi connectivity index (χ1) is 8.41. The molecule has 2 N–H and O–H groups in total. The number of aromatic nitrogens is 3. The van der Waals surface area contributed by atoms with Crippen LogP contribution in [0.25, 0.3) is 5.69 Å². The Labute approximate surface area is 103 Å². The van der Waals surface area contributed by atoms with Crippen LogP contribution in [0.2, 0.25) is 0 Å². The lowest BCUT2D eigenvalue weighted by Gasteiger charge is -2.07. The highest BCUT2D eigenvalue weighted by molar-refractivity contribution is 5.38. The summed E-state index contributed by atoms with van der Waals surface area (Å²) in [5, 5.41) is 7.70. The maximum atomic E-state index is 13.8. The number of nitrogens with two attached hydrogens (primary N) is 1. The van der Waals surface area contributed by atoms with Crippen LogP contribution in [-0.4, -0.2) is 15.0 Å². The van der Waals surface area contributed by atoms with Gasteiger partial charge in [0.15, 0.2) is 0 Å². The molecule has 1 aromatic heterocycles. The van der Waals surface area contributed by atoms with Crippen molar-refractivity contribution >= 4 is 0 Å². The molecule has 0 amide bonds. The van der Waals surface area contributed by atoms with Gasteiger partial charge in [0.2, 0.25) is 0 Å². The molecule has 6 heteroatoms. The summed E-state index contributed by atoms with van der Waals surface area (Å²) < 4.78 is 28.6. The first kappa shape index (κ1) is 12.6. The van der Waals surface area contributed by atoms with Crippen LogP contribution in [0, 0.1) is 25.5 Å². The van der Waals surface area contributed by atoms with E-state index in [0.29, 0.717) is 11.4 Å². The van der Waals surface area contributed by atoms with E-state index in [1.165, 1.54) is 11.6 Å². The fourth-order valence-electron chi connectivity index (χ4n) is 1.79. The summed E-state index contributed by atoms with van der Waals surface area (Å²) in [4.78, 5) is 0. The lowest BCUT2D eigenvalue weighted by atomic mass is 10.2. The Kier molecular flexibility index (Phi) is 3.13. The van der Waals surface area contributed by atoms with Crippen molar-refractivity contribution in [2.45, 2.75) is 26.8 Å². The van der Waals surface area contributed by atoms with Gasteiger partial charge in [-0.1, -0.05) is 5.21 Å². The molecule has 0 fully saturated rings. The molecule has 0 aliphatic heterocycles. The molecule has 1 atom stereocenters. The first-order valence-electron chi connectivity index (χ1n) is 5.55. The molecule has 18 heavy (non-hydrogen) atoms. The first-order valence-corrected chi connectivity index (χ1v) is 5.55. The number of hydrogen-bond acceptors (Lipinski definition) is 3. The summed E-state index contributed by atoms with van der Waals surface area (Å²) in [6.07, 6.45) is 0. The van der Waals surface area contributed by atoms with Gasteiger partial charge in [-0.15, -0.1) is 5.10 Å². The molecule has 2 aromatic rings. The van der Waals surface area contributed by atoms with Crippen LogP contribution in [0.3, 0.4) is 0 Å². The van der Waals surface area contributed by atoms with Gasteiger partial charge in [0, 0.05) is 12.1 Å². The maximum Gasteiger partial charge on any atom is 0.149 e. The van der Waals surface area contributed by atoms with Crippen molar-refractivity contribution in [2.75, 3.05) is 0 Å². The van der Waals surface area contributed by atoms with Gasteiger partial charge < -0.3 is 5.73 Å². The third-order valence-electron chi connectivity index (χ3n) is 2.82. The molecular formula is C12H14F2N4. The summed E-state index contributed by atoms with van der Waals surface area (Å²) >= 11 is 0. The van der Waals surface area contributed by atoms with E-state index in [1.54, 1.807) is 13.8 Å². The summed E-state index contributed by atoms with van der Waals surface area (Å²) in [5.41, 5.74) is 7.17. The summed E-state index contributed by atoms with van der Waals surface area (Å²) in [6, 6.07) is 1.94. The number of nitrogens with zero attached hydrogens (tertiary/aromatic N) is 3. The zero-order valence-electron chi connectivity index (χ0n) is 10.4. The normalized spacial score (nSPS) is 12.8. The van der Waals surface area contributed by atoms with E-state index in [1.807, 2.05) is 0 Å². The van der Waals surface area contributed by atoms with E-state index < -0.39 is 11.6 Å². The van der Waals surface area contributed by atoms with Gasteiger partial charge >= 0.3 is 0 Å². The number of halogens is 2. The van der Waals surface area contributed by atoms with Gasteiger partial charge in [-0.2, -0.15) is 0 Å². The molecule has 0 saturated carbocycles. The Hall–Kier alpha value is -1.82. The molecule has 0 radical (unpaired) electrons. The van der Waals surface area contributed by atoms with Crippen molar-refractivity contribution in [2.24, 2.45) is 5.73 Å². The van der Waals surface area contributed by atoms with Crippen LogP contribution in [0.15, 0.2) is 12.1 Å². The minimum Gasteiger partial charge on any atom is -0.323 e. The Bertz CT molecular complexity index is 590. The molecule has 0 spiro atoms. The zero-order valence-corrected chi connectivity index (χ0v) is 10.4. The second kappa shape index (κ2) is 4.45. The third kappa shape index (κ3) is 1.99. The Morgan fingerprint density at radius 2 is 1.89 bits per heavy atom. The van der Waals surface area contributed by atoms with Crippen molar-refractivity contribution in [3.63, 3.8) is 0 Å². The highest BCUT2D eigenvalue weighted by atomic mass is 19.1. The number of aryl methyl sites for hydroxylation is 1. The van der Waals surface area contributed by atoms with Crippen LogP contribution < -0.4 is 5.73 Å². The van der Waals surface area contributed by atoms with Crippen LogP contribution in [0.1, 0.15) is 29.9 Å². The van der Waals surface area contributed by atoms with E-state index in [2.05, 4.69) is 10.3 Å². The average Bonchev–Trinajstić information content (AvgIpc) is 2.66. The highest BCUT2D eigenvalue weighted by Crippen LogP contribution is 2.21. The zero-order chi connectivity index (χ0) is 13.4. The molecule has 1 heterocycles. The number of hydrogen-bond donors (Lipinski definition) is 1. The SMILES string of the molecule is Cc1cc(F)c(-n2nnc(C(C)N)c2C)cc1F. The van der Waals surface area contributed by atoms with E-state index in [0.717, 1.165) is 12.1 Å². The fraction of sp³-hybridized carbons (Fsp3) is 0.333. The van der Waals surface area contributed by atoms with Crippen LogP contribution in [-0.2, 0) is 0 Å². The summed E-state index contributed by atoms with van der Waals surface area (Å²) in [7, 11) is 0. The molecule has 0 bridgehead atoms. The summed E-state index contributed by atoms with van der Waals surface area (Å²) in [5.74, 6) is -1.03. The standard InChI is InChI=1S/C12H14F2N4/c1-6-4-10(14)11(5-9(6)13)18-8(3)12(7(2)15)16-17-18/h4-5,7H,15H2,1-3H3. The van der Waals surface area contributed by atoms with Gasteiger partial charge in [0.25, 0.3) is 0 Å². The van der Waals surface area contributed by atoms with E-state index in [4.69, 9.17) is 5.73 Å². The second-order valence-electron chi connectivity index (χ2n) is 4.31. The predicted molar refractivity (Wildman–Crippen MR) is 63.4 cm³/mol. The van der Waals surface area contributed by atoms with Crippen molar-refractivity contribution in [3.8, 4) is 5.69 Å². The Balaban J connectivity index is 2.59. The quantitative estimate of drug-likeness (QED) is 0.891. The van der Waals surface area contributed by atoms with Crippen LogP contribution in [0.4, 0.5) is 8.78 Å². The van der Waals surface area contributed by atoms with Crippen molar-refractivity contribution in [1.82, 2.24) is 15.0 Å².